The number of aromatic nitrogens is 2. The Morgan fingerprint density at radius 1 is 1.12 bits per heavy atom. The van der Waals surface area contributed by atoms with E-state index >= 15 is 0 Å². The molecule has 4 rings (SSSR count). The van der Waals surface area contributed by atoms with Crippen molar-refractivity contribution in [2.45, 2.75) is 6.42 Å². The number of nitrogens with two attached hydrogens (primary N) is 1. The Balaban J connectivity index is 0.00000193. The van der Waals surface area contributed by atoms with Gasteiger partial charge in [0.25, 0.3) is 0 Å². The van der Waals surface area contributed by atoms with E-state index in [0.29, 0.717) is 35.3 Å². The molecule has 7 nitrogen and oxygen atoms in total. The molecule has 33 heavy (non-hydrogen) atoms. The summed E-state index contributed by atoms with van der Waals surface area (Å²) >= 11 is 0. The third-order valence-electron chi connectivity index (χ3n) is 5.28. The van der Waals surface area contributed by atoms with E-state index in [1.54, 1.807) is 7.11 Å². The van der Waals surface area contributed by atoms with Crippen molar-refractivity contribution < 1.29 is 14.2 Å². The number of rotatable bonds is 7. The lowest BCUT2D eigenvalue weighted by Crippen LogP contribution is -2.37. The van der Waals surface area contributed by atoms with Crippen LogP contribution in [0.25, 0.3) is 22.3 Å². The Morgan fingerprint density at radius 2 is 1.91 bits per heavy atom. The second-order valence-electron chi connectivity index (χ2n) is 7.33. The van der Waals surface area contributed by atoms with Crippen molar-refractivity contribution >= 4 is 41.5 Å². The van der Waals surface area contributed by atoms with Gasteiger partial charge in [-0.3, -0.25) is 4.90 Å². The van der Waals surface area contributed by atoms with Gasteiger partial charge in [-0.05, 0) is 24.6 Å². The topological polar surface area (TPSA) is 82.7 Å². The Morgan fingerprint density at radius 3 is 2.64 bits per heavy atom. The predicted octanol–water partition coefficient (Wildman–Crippen LogP) is 3.81. The van der Waals surface area contributed by atoms with E-state index in [1.165, 1.54) is 0 Å². The van der Waals surface area contributed by atoms with E-state index in [9.17, 15) is 0 Å². The van der Waals surface area contributed by atoms with Crippen LogP contribution in [0, 0.1) is 12.3 Å². The van der Waals surface area contributed by atoms with Gasteiger partial charge >= 0.3 is 0 Å². The van der Waals surface area contributed by atoms with Gasteiger partial charge in [0.1, 0.15) is 5.82 Å². The molecular formula is C24H28Cl2N4O3. The summed E-state index contributed by atoms with van der Waals surface area (Å²) < 4.78 is 16.9. The maximum Gasteiger partial charge on any atom is 0.162 e. The van der Waals surface area contributed by atoms with Crippen LogP contribution in [0.15, 0.2) is 36.4 Å². The predicted molar refractivity (Wildman–Crippen MR) is 136 cm³/mol. The molecule has 0 radical (unpaired) electrons. The first-order valence-electron chi connectivity index (χ1n) is 10.3. The highest BCUT2D eigenvalue weighted by Gasteiger charge is 2.14. The number of methoxy groups -OCH3 is 1. The fourth-order valence-electron chi connectivity index (χ4n) is 3.60. The lowest BCUT2D eigenvalue weighted by Gasteiger charge is -2.26. The Labute approximate surface area is 206 Å². The number of hydrogen-bond acceptors (Lipinski definition) is 7. The van der Waals surface area contributed by atoms with Crippen LogP contribution >= 0.6 is 24.8 Å². The first-order valence-corrected chi connectivity index (χ1v) is 10.3. The lowest BCUT2D eigenvalue weighted by atomic mass is 10.1. The highest BCUT2D eigenvalue weighted by molar-refractivity contribution is 5.92. The molecule has 0 spiro atoms. The molecule has 2 heterocycles. The molecule has 1 aliphatic rings. The summed E-state index contributed by atoms with van der Waals surface area (Å²) in [5.41, 5.74) is 8.53. The molecule has 0 bridgehead atoms. The quantitative estimate of drug-likeness (QED) is 0.398. The van der Waals surface area contributed by atoms with Crippen LogP contribution in [0.1, 0.15) is 12.0 Å². The molecule has 0 aliphatic carbocycles. The van der Waals surface area contributed by atoms with Crippen molar-refractivity contribution in [2.24, 2.45) is 0 Å². The number of hydrogen-bond donors (Lipinski definition) is 1. The van der Waals surface area contributed by atoms with Crippen LogP contribution in [0.4, 0.5) is 5.82 Å². The number of anilines is 1. The number of nitrogen functional groups attached to an aromatic ring is 1. The van der Waals surface area contributed by atoms with E-state index in [4.69, 9.17) is 26.4 Å². The summed E-state index contributed by atoms with van der Waals surface area (Å²) in [5.74, 6) is 4.77. The van der Waals surface area contributed by atoms with Gasteiger partial charge in [-0.2, -0.15) is 0 Å². The second-order valence-corrected chi connectivity index (χ2v) is 7.33. The molecule has 2 aromatic carbocycles. The maximum absolute atomic E-state index is 6.27. The fourth-order valence-corrected chi connectivity index (χ4v) is 3.60. The number of fused-ring (bicyclic) bond motifs is 1. The molecule has 176 valence electrons. The van der Waals surface area contributed by atoms with E-state index in [0.717, 1.165) is 55.8 Å². The SMILES string of the molecule is C#Cc1cccc(-c2nc(N)c3cc(OCCCN4CCOCC4)c(OC)cc3n2)c1.Cl.Cl. The number of ether oxygens (including phenoxy) is 3. The Kier molecular flexibility index (Phi) is 10.0. The zero-order valence-corrected chi connectivity index (χ0v) is 20.1. The van der Waals surface area contributed by atoms with Gasteiger partial charge in [-0.15, -0.1) is 31.2 Å². The Bertz CT molecular complexity index is 1110. The van der Waals surface area contributed by atoms with Crippen molar-refractivity contribution in [3.8, 4) is 35.2 Å². The zero-order valence-electron chi connectivity index (χ0n) is 18.5. The third kappa shape index (κ3) is 6.40. The molecule has 1 aromatic heterocycles. The van der Waals surface area contributed by atoms with Gasteiger partial charge in [0, 0.05) is 42.2 Å². The summed E-state index contributed by atoms with van der Waals surface area (Å²) in [6.45, 7) is 5.10. The van der Waals surface area contributed by atoms with E-state index in [2.05, 4.69) is 20.8 Å². The second kappa shape index (κ2) is 12.5. The molecule has 1 aliphatic heterocycles. The standard InChI is InChI=1S/C24H26N4O3.2ClH/c1-3-17-6-4-7-18(14-17)24-26-20-16-21(29-2)22(15-19(20)23(25)27-24)31-11-5-8-28-9-12-30-13-10-28;;/h1,4,6-7,14-16H,5,8-13H2,2H3,(H2,25,26,27);2*1H. The minimum Gasteiger partial charge on any atom is -0.493 e. The molecule has 9 heteroatoms. The van der Waals surface area contributed by atoms with Gasteiger partial charge < -0.3 is 19.9 Å². The third-order valence-corrected chi connectivity index (χ3v) is 5.28. The van der Waals surface area contributed by atoms with Crippen LogP contribution in [-0.4, -0.2) is 61.4 Å². The molecule has 2 N–H and O–H groups in total. The maximum atomic E-state index is 6.27. The number of halogens is 2. The molecule has 3 aromatic rings. The van der Waals surface area contributed by atoms with Gasteiger partial charge in [-0.25, -0.2) is 9.97 Å². The molecule has 0 unspecified atom stereocenters. The normalized spacial score (nSPS) is 13.5. The van der Waals surface area contributed by atoms with Crippen LogP contribution in [0.3, 0.4) is 0 Å². The average molecular weight is 491 g/mol. The molecule has 1 fully saturated rings. The van der Waals surface area contributed by atoms with Crippen LogP contribution < -0.4 is 15.2 Å². The number of nitrogens with zero attached hydrogens (tertiary/aromatic N) is 3. The van der Waals surface area contributed by atoms with Crippen LogP contribution in [0.5, 0.6) is 11.5 Å². The van der Waals surface area contributed by atoms with Gasteiger partial charge in [-0.1, -0.05) is 18.1 Å². The minimum absolute atomic E-state index is 0. The van der Waals surface area contributed by atoms with Crippen molar-refractivity contribution in [1.82, 2.24) is 14.9 Å². The summed E-state index contributed by atoms with van der Waals surface area (Å²) in [7, 11) is 1.61. The van der Waals surface area contributed by atoms with Crippen LogP contribution in [0.2, 0.25) is 0 Å². The Hall–Kier alpha value is -2.76. The van der Waals surface area contributed by atoms with Crippen molar-refractivity contribution in [3.05, 3.63) is 42.0 Å². The molecule has 1 saturated heterocycles. The van der Waals surface area contributed by atoms with Crippen molar-refractivity contribution in [2.75, 3.05) is 52.3 Å². The zero-order chi connectivity index (χ0) is 21.6. The highest BCUT2D eigenvalue weighted by Crippen LogP contribution is 2.34. The summed E-state index contributed by atoms with van der Waals surface area (Å²) in [4.78, 5) is 11.5. The first kappa shape index (κ1) is 26.5. The highest BCUT2D eigenvalue weighted by atomic mass is 35.5. The van der Waals surface area contributed by atoms with Gasteiger partial charge in [0.15, 0.2) is 17.3 Å². The monoisotopic (exact) mass is 490 g/mol. The summed E-state index contributed by atoms with van der Waals surface area (Å²) in [5, 5.41) is 0.723. The smallest absolute Gasteiger partial charge is 0.162 e. The molecule has 0 amide bonds. The number of terminal acetylenes is 1. The van der Waals surface area contributed by atoms with E-state index in [1.807, 2.05) is 36.4 Å². The van der Waals surface area contributed by atoms with Gasteiger partial charge in [0.2, 0.25) is 0 Å². The molecule has 0 saturated carbocycles. The van der Waals surface area contributed by atoms with Crippen LogP contribution in [-0.2, 0) is 4.74 Å². The molecule has 0 atom stereocenters. The number of benzene rings is 2. The summed E-state index contributed by atoms with van der Waals surface area (Å²) in [6.07, 6.45) is 6.42. The van der Waals surface area contributed by atoms with Gasteiger partial charge in [0.05, 0.1) is 32.4 Å². The van der Waals surface area contributed by atoms with Crippen molar-refractivity contribution in [1.29, 1.82) is 0 Å². The number of morpholine rings is 1. The minimum atomic E-state index is 0. The molecular weight excluding hydrogens is 463 g/mol. The van der Waals surface area contributed by atoms with E-state index in [-0.39, 0.29) is 24.8 Å². The lowest BCUT2D eigenvalue weighted by molar-refractivity contribution is 0.0357. The van der Waals surface area contributed by atoms with Crippen molar-refractivity contribution in [3.63, 3.8) is 0 Å². The largest absolute Gasteiger partial charge is 0.493 e. The fraction of sp³-hybridized carbons (Fsp3) is 0.333. The summed E-state index contributed by atoms with van der Waals surface area (Å²) in [6, 6.07) is 11.2. The average Bonchev–Trinajstić information content (AvgIpc) is 2.82. The first-order chi connectivity index (χ1) is 15.2. The van der Waals surface area contributed by atoms with E-state index < -0.39 is 0 Å².